The highest BCUT2D eigenvalue weighted by Gasteiger charge is 2.25. The third-order valence-electron chi connectivity index (χ3n) is 4.73. The second-order valence-corrected chi connectivity index (χ2v) is 7.67. The van der Waals surface area contributed by atoms with Gasteiger partial charge in [-0.25, -0.2) is 0 Å². The van der Waals surface area contributed by atoms with E-state index in [0.717, 1.165) is 84.6 Å². The highest BCUT2D eigenvalue weighted by Crippen LogP contribution is 2.12. The van der Waals surface area contributed by atoms with Crippen LogP contribution in [0.15, 0.2) is 4.99 Å². The van der Waals surface area contributed by atoms with Gasteiger partial charge in [-0.1, -0.05) is 0 Å². The Morgan fingerprint density at radius 1 is 1.25 bits per heavy atom. The van der Waals surface area contributed by atoms with E-state index in [4.69, 9.17) is 14.2 Å². The van der Waals surface area contributed by atoms with Crippen LogP contribution in [0.2, 0.25) is 0 Å². The Bertz CT molecular complexity index is 428. The SMILES string of the molecule is CCNC(=NCC(C)(O)CN1CCOCC1)NCCCOCC1CCOC1.I. The Morgan fingerprint density at radius 3 is 2.71 bits per heavy atom. The van der Waals surface area contributed by atoms with Crippen molar-refractivity contribution in [1.29, 1.82) is 0 Å². The van der Waals surface area contributed by atoms with Gasteiger partial charge in [-0.15, -0.1) is 24.0 Å². The molecule has 0 aromatic rings. The molecule has 2 fully saturated rings. The molecule has 166 valence electrons. The average molecular weight is 514 g/mol. The third-order valence-corrected chi connectivity index (χ3v) is 4.73. The maximum atomic E-state index is 10.7. The molecule has 2 aliphatic heterocycles. The Labute approximate surface area is 186 Å². The highest BCUT2D eigenvalue weighted by atomic mass is 127. The zero-order valence-corrected chi connectivity index (χ0v) is 19.8. The van der Waals surface area contributed by atoms with Gasteiger partial charge in [0.05, 0.1) is 38.6 Å². The second kappa shape index (κ2) is 14.7. The van der Waals surface area contributed by atoms with Gasteiger partial charge in [0, 0.05) is 51.9 Å². The van der Waals surface area contributed by atoms with Gasteiger partial charge >= 0.3 is 0 Å². The molecule has 2 atom stereocenters. The lowest BCUT2D eigenvalue weighted by Gasteiger charge is -2.33. The van der Waals surface area contributed by atoms with Crippen molar-refractivity contribution in [3.8, 4) is 0 Å². The number of nitrogens with one attached hydrogen (secondary N) is 2. The molecular formula is C19H39IN4O4. The molecule has 8 nitrogen and oxygen atoms in total. The first-order chi connectivity index (χ1) is 13.1. The van der Waals surface area contributed by atoms with Crippen LogP contribution in [0.4, 0.5) is 0 Å². The molecule has 0 spiro atoms. The summed E-state index contributed by atoms with van der Waals surface area (Å²) in [5.41, 5.74) is -0.855. The lowest BCUT2D eigenvalue weighted by atomic mass is 10.1. The summed E-state index contributed by atoms with van der Waals surface area (Å²) in [5, 5.41) is 17.2. The van der Waals surface area contributed by atoms with Crippen molar-refractivity contribution < 1.29 is 19.3 Å². The number of rotatable bonds is 11. The van der Waals surface area contributed by atoms with E-state index in [2.05, 4.69) is 20.5 Å². The normalized spacial score (nSPS) is 23.1. The first-order valence-electron chi connectivity index (χ1n) is 10.3. The number of aliphatic imine (C=N–C) groups is 1. The smallest absolute Gasteiger partial charge is 0.191 e. The fraction of sp³-hybridized carbons (Fsp3) is 0.947. The summed E-state index contributed by atoms with van der Waals surface area (Å²) in [6, 6.07) is 0. The van der Waals surface area contributed by atoms with Gasteiger partial charge in [0.25, 0.3) is 0 Å². The monoisotopic (exact) mass is 514 g/mol. The molecule has 0 aliphatic carbocycles. The molecule has 0 saturated carbocycles. The van der Waals surface area contributed by atoms with E-state index < -0.39 is 5.60 Å². The summed E-state index contributed by atoms with van der Waals surface area (Å²) in [5.74, 6) is 1.30. The molecule has 0 radical (unpaired) electrons. The topological polar surface area (TPSA) is 87.6 Å². The maximum Gasteiger partial charge on any atom is 0.191 e. The number of hydrogen-bond donors (Lipinski definition) is 3. The molecule has 0 aromatic heterocycles. The summed E-state index contributed by atoms with van der Waals surface area (Å²) in [7, 11) is 0. The van der Waals surface area contributed by atoms with Crippen molar-refractivity contribution in [2.24, 2.45) is 10.9 Å². The van der Waals surface area contributed by atoms with Gasteiger partial charge in [-0.3, -0.25) is 9.89 Å². The van der Waals surface area contributed by atoms with Crippen LogP contribution in [-0.2, 0) is 14.2 Å². The van der Waals surface area contributed by atoms with Crippen LogP contribution in [0.5, 0.6) is 0 Å². The number of β-amino-alcohol motifs (C(OH)–C–C–N with tert-alkyl or cyclic N) is 1. The number of nitrogens with zero attached hydrogens (tertiary/aromatic N) is 2. The van der Waals surface area contributed by atoms with Crippen LogP contribution in [0.25, 0.3) is 0 Å². The van der Waals surface area contributed by atoms with Crippen molar-refractivity contribution in [3.63, 3.8) is 0 Å². The van der Waals surface area contributed by atoms with Crippen LogP contribution in [0.3, 0.4) is 0 Å². The Hall–Kier alpha value is -0.200. The summed E-state index contributed by atoms with van der Waals surface area (Å²) >= 11 is 0. The average Bonchev–Trinajstić information content (AvgIpc) is 3.16. The minimum atomic E-state index is -0.855. The minimum Gasteiger partial charge on any atom is -0.387 e. The number of ether oxygens (including phenoxy) is 3. The van der Waals surface area contributed by atoms with Crippen LogP contribution in [-0.4, -0.2) is 100 Å². The van der Waals surface area contributed by atoms with Crippen molar-refractivity contribution in [2.75, 3.05) is 78.9 Å². The number of aliphatic hydroxyl groups is 1. The van der Waals surface area contributed by atoms with Crippen LogP contribution >= 0.6 is 24.0 Å². The minimum absolute atomic E-state index is 0. The first-order valence-corrected chi connectivity index (χ1v) is 10.3. The Balaban J connectivity index is 0.00000392. The molecule has 0 aromatic carbocycles. The van der Waals surface area contributed by atoms with E-state index in [1.54, 1.807) is 0 Å². The van der Waals surface area contributed by atoms with Crippen molar-refractivity contribution >= 4 is 29.9 Å². The molecule has 2 unspecified atom stereocenters. The molecule has 9 heteroatoms. The van der Waals surface area contributed by atoms with E-state index in [-0.39, 0.29) is 24.0 Å². The molecular weight excluding hydrogens is 475 g/mol. The zero-order valence-electron chi connectivity index (χ0n) is 17.5. The summed E-state index contributed by atoms with van der Waals surface area (Å²) in [4.78, 5) is 6.79. The van der Waals surface area contributed by atoms with Crippen molar-refractivity contribution in [1.82, 2.24) is 15.5 Å². The Morgan fingerprint density at radius 2 is 2.04 bits per heavy atom. The van der Waals surface area contributed by atoms with Gasteiger partial charge in [-0.05, 0) is 26.7 Å². The summed E-state index contributed by atoms with van der Waals surface area (Å²) in [6.07, 6.45) is 2.03. The van der Waals surface area contributed by atoms with Gasteiger partial charge in [0.15, 0.2) is 5.96 Å². The fourth-order valence-corrected chi connectivity index (χ4v) is 3.23. The highest BCUT2D eigenvalue weighted by molar-refractivity contribution is 14.0. The molecule has 2 aliphatic rings. The zero-order chi connectivity index (χ0) is 19.4. The molecule has 28 heavy (non-hydrogen) atoms. The van der Waals surface area contributed by atoms with Crippen LogP contribution in [0, 0.1) is 5.92 Å². The molecule has 2 saturated heterocycles. The van der Waals surface area contributed by atoms with E-state index in [9.17, 15) is 5.11 Å². The molecule has 2 rings (SSSR count). The third kappa shape index (κ3) is 11.1. The summed E-state index contributed by atoms with van der Waals surface area (Å²) < 4.78 is 16.4. The molecule has 2 heterocycles. The van der Waals surface area contributed by atoms with Crippen molar-refractivity contribution in [2.45, 2.75) is 32.3 Å². The van der Waals surface area contributed by atoms with E-state index >= 15 is 0 Å². The van der Waals surface area contributed by atoms with Gasteiger partial charge in [-0.2, -0.15) is 0 Å². The van der Waals surface area contributed by atoms with Gasteiger partial charge in [0.1, 0.15) is 0 Å². The molecule has 3 N–H and O–H groups in total. The maximum absolute atomic E-state index is 10.7. The van der Waals surface area contributed by atoms with E-state index in [1.807, 2.05) is 13.8 Å². The fourth-order valence-electron chi connectivity index (χ4n) is 3.23. The van der Waals surface area contributed by atoms with E-state index in [0.29, 0.717) is 19.0 Å². The number of morpholine rings is 1. The van der Waals surface area contributed by atoms with Crippen molar-refractivity contribution in [3.05, 3.63) is 0 Å². The van der Waals surface area contributed by atoms with Crippen LogP contribution < -0.4 is 10.6 Å². The molecule has 0 bridgehead atoms. The van der Waals surface area contributed by atoms with Gasteiger partial charge < -0.3 is 30.0 Å². The predicted octanol–water partition coefficient (Wildman–Crippen LogP) is 0.686. The predicted molar refractivity (Wildman–Crippen MR) is 122 cm³/mol. The van der Waals surface area contributed by atoms with Crippen LogP contribution in [0.1, 0.15) is 26.7 Å². The second-order valence-electron chi connectivity index (χ2n) is 7.67. The van der Waals surface area contributed by atoms with Gasteiger partial charge in [0.2, 0.25) is 0 Å². The lowest BCUT2D eigenvalue weighted by Crippen LogP contribution is -2.48. The Kier molecular flexibility index (Phi) is 13.6. The van der Waals surface area contributed by atoms with E-state index in [1.165, 1.54) is 0 Å². The first kappa shape index (κ1) is 25.8. The number of halogens is 1. The number of guanidine groups is 1. The quantitative estimate of drug-likeness (QED) is 0.162. The largest absolute Gasteiger partial charge is 0.387 e. The molecule has 0 amide bonds. The number of hydrogen-bond acceptors (Lipinski definition) is 6. The standard InChI is InChI=1S/C19H38N4O4.HI/c1-3-20-18(21-6-4-9-26-13-17-5-10-27-14-17)22-15-19(2,24)16-23-7-11-25-12-8-23;/h17,24H,3-16H2,1-2H3,(H2,20,21,22);1H. The summed E-state index contributed by atoms with van der Waals surface area (Å²) in [6.45, 7) is 12.9. The lowest BCUT2D eigenvalue weighted by molar-refractivity contribution is -0.0180.